The Balaban J connectivity index is 2.01. The zero-order valence-electron chi connectivity index (χ0n) is 13.7. The molecule has 0 fully saturated rings. The van der Waals surface area contributed by atoms with Crippen LogP contribution in [0.15, 0.2) is 28.8 Å². The predicted octanol–water partition coefficient (Wildman–Crippen LogP) is 3.34. The minimum Gasteiger partial charge on any atom is -0.476 e. The van der Waals surface area contributed by atoms with E-state index in [0.29, 0.717) is 30.0 Å². The first-order valence-corrected chi connectivity index (χ1v) is 7.59. The summed E-state index contributed by atoms with van der Waals surface area (Å²) >= 11 is 0. The Morgan fingerprint density at radius 3 is 2.71 bits per heavy atom. The largest absolute Gasteiger partial charge is 0.476 e. The molecule has 7 heteroatoms. The second kappa shape index (κ2) is 5.67. The molecular weight excluding hydrogens is 312 g/mol. The second-order valence-electron chi connectivity index (χ2n) is 6.58. The van der Waals surface area contributed by atoms with Gasteiger partial charge >= 0.3 is 12.1 Å². The van der Waals surface area contributed by atoms with Gasteiger partial charge in [-0.3, -0.25) is 4.90 Å². The van der Waals surface area contributed by atoms with Crippen molar-refractivity contribution >= 4 is 17.7 Å². The molecule has 3 rings (SSSR count). The maximum Gasteiger partial charge on any atom is 0.414 e. The number of hydrogen-bond acceptors (Lipinski definition) is 5. The van der Waals surface area contributed by atoms with Crippen molar-refractivity contribution in [3.8, 4) is 11.3 Å². The van der Waals surface area contributed by atoms with Crippen LogP contribution in [0.3, 0.4) is 0 Å². The van der Waals surface area contributed by atoms with E-state index in [2.05, 4.69) is 5.16 Å². The Morgan fingerprint density at radius 1 is 1.33 bits per heavy atom. The quantitative estimate of drug-likeness (QED) is 0.908. The van der Waals surface area contributed by atoms with Crippen LogP contribution in [0.4, 0.5) is 10.5 Å². The lowest BCUT2D eigenvalue weighted by Gasteiger charge is -2.25. The third kappa shape index (κ3) is 2.97. The van der Waals surface area contributed by atoms with Crippen molar-refractivity contribution in [2.45, 2.75) is 32.8 Å². The summed E-state index contributed by atoms with van der Waals surface area (Å²) in [5.74, 6) is -0.860. The molecule has 0 atom stereocenters. The average Bonchev–Trinajstić information content (AvgIpc) is 3.12. The minimum absolute atomic E-state index is 0.176. The summed E-state index contributed by atoms with van der Waals surface area (Å²) in [6.45, 7) is 5.93. The van der Waals surface area contributed by atoms with E-state index in [9.17, 15) is 9.59 Å². The number of ether oxygens (including phenoxy) is 1. The number of carbonyl (C=O) groups is 2. The molecule has 1 aliphatic rings. The van der Waals surface area contributed by atoms with E-state index < -0.39 is 17.7 Å². The first kappa shape index (κ1) is 16.0. The number of nitrogens with zero attached hydrogens (tertiary/aromatic N) is 2. The van der Waals surface area contributed by atoms with Crippen molar-refractivity contribution in [2.75, 3.05) is 11.4 Å². The van der Waals surface area contributed by atoms with E-state index >= 15 is 0 Å². The molecule has 24 heavy (non-hydrogen) atoms. The Morgan fingerprint density at radius 2 is 2.08 bits per heavy atom. The van der Waals surface area contributed by atoms with Gasteiger partial charge in [-0.15, -0.1) is 0 Å². The maximum absolute atomic E-state index is 12.5. The number of para-hydroxylation sites is 1. The van der Waals surface area contributed by atoms with Crippen molar-refractivity contribution in [1.29, 1.82) is 0 Å². The van der Waals surface area contributed by atoms with Gasteiger partial charge in [-0.1, -0.05) is 17.3 Å². The standard InChI is InChI=1S/C17H18N2O5/c1-17(2,3)23-16(22)19-8-7-10-5-4-6-11(14(10)19)13-9-12(15(20)21)18-24-13/h4-6,9H,7-8H2,1-3H3,(H,20,21). The lowest BCUT2D eigenvalue weighted by Crippen LogP contribution is -2.35. The van der Waals surface area contributed by atoms with Crippen LogP contribution in [0.25, 0.3) is 11.3 Å². The van der Waals surface area contributed by atoms with E-state index in [-0.39, 0.29) is 5.69 Å². The number of aromatic nitrogens is 1. The molecule has 0 unspecified atom stereocenters. The number of amides is 1. The number of carboxylic acid groups (broad SMARTS) is 1. The Hall–Kier alpha value is -2.83. The fourth-order valence-electron chi connectivity index (χ4n) is 2.66. The lowest BCUT2D eigenvalue weighted by molar-refractivity contribution is 0.0583. The zero-order chi connectivity index (χ0) is 17.5. The number of anilines is 1. The fraction of sp³-hybridized carbons (Fsp3) is 0.353. The number of carboxylic acids is 1. The molecule has 1 aromatic carbocycles. The number of aromatic carboxylic acids is 1. The van der Waals surface area contributed by atoms with E-state index in [0.717, 1.165) is 5.56 Å². The van der Waals surface area contributed by atoms with Crippen LogP contribution >= 0.6 is 0 Å². The van der Waals surface area contributed by atoms with Crippen LogP contribution in [0.2, 0.25) is 0 Å². The topological polar surface area (TPSA) is 92.9 Å². The first-order valence-electron chi connectivity index (χ1n) is 7.59. The molecule has 7 nitrogen and oxygen atoms in total. The van der Waals surface area contributed by atoms with E-state index in [1.807, 2.05) is 32.9 Å². The number of fused-ring (bicyclic) bond motifs is 1. The third-order valence-corrected chi connectivity index (χ3v) is 3.60. The molecule has 0 saturated heterocycles. The summed E-state index contributed by atoms with van der Waals surface area (Å²) in [4.78, 5) is 25.0. The highest BCUT2D eigenvalue weighted by Crippen LogP contribution is 2.39. The summed E-state index contributed by atoms with van der Waals surface area (Å²) in [5.41, 5.74) is 1.50. The molecule has 1 N–H and O–H groups in total. The van der Waals surface area contributed by atoms with Gasteiger partial charge in [-0.05, 0) is 38.8 Å². The number of rotatable bonds is 2. The molecule has 126 valence electrons. The first-order chi connectivity index (χ1) is 11.3. The highest BCUT2D eigenvalue weighted by atomic mass is 16.6. The third-order valence-electron chi connectivity index (χ3n) is 3.60. The molecule has 1 aliphatic heterocycles. The molecule has 2 aromatic rings. The van der Waals surface area contributed by atoms with Crippen molar-refractivity contribution in [1.82, 2.24) is 5.16 Å². The molecule has 0 bridgehead atoms. The Bertz CT molecular complexity index is 804. The summed E-state index contributed by atoms with van der Waals surface area (Å²) in [6.07, 6.45) is 0.259. The molecule has 0 aliphatic carbocycles. The number of benzene rings is 1. The van der Waals surface area contributed by atoms with E-state index in [1.165, 1.54) is 6.07 Å². The SMILES string of the molecule is CC(C)(C)OC(=O)N1CCc2cccc(-c3cc(C(=O)O)no3)c21. The van der Waals surface area contributed by atoms with Gasteiger partial charge in [0.15, 0.2) is 11.5 Å². The summed E-state index contributed by atoms with van der Waals surface area (Å²) < 4.78 is 10.6. The molecule has 0 radical (unpaired) electrons. The van der Waals surface area contributed by atoms with Crippen molar-refractivity contribution in [3.63, 3.8) is 0 Å². The summed E-state index contributed by atoms with van der Waals surface area (Å²) in [6, 6.07) is 6.89. The van der Waals surface area contributed by atoms with Gasteiger partial charge in [0.2, 0.25) is 0 Å². The summed E-state index contributed by atoms with van der Waals surface area (Å²) in [7, 11) is 0. The molecule has 2 heterocycles. The van der Waals surface area contributed by atoms with Crippen LogP contribution < -0.4 is 4.90 Å². The molecular formula is C17H18N2O5. The van der Waals surface area contributed by atoms with Gasteiger partial charge < -0.3 is 14.4 Å². The smallest absolute Gasteiger partial charge is 0.414 e. The minimum atomic E-state index is -1.17. The van der Waals surface area contributed by atoms with Crippen molar-refractivity contribution in [3.05, 3.63) is 35.5 Å². The summed E-state index contributed by atoms with van der Waals surface area (Å²) in [5, 5.41) is 12.5. The molecule has 0 saturated carbocycles. The van der Waals surface area contributed by atoms with Gasteiger partial charge in [-0.25, -0.2) is 9.59 Å². The highest BCUT2D eigenvalue weighted by Gasteiger charge is 2.32. The molecule has 1 amide bonds. The van der Waals surface area contributed by atoms with Gasteiger partial charge in [0.05, 0.1) is 5.69 Å². The zero-order valence-corrected chi connectivity index (χ0v) is 13.7. The van der Waals surface area contributed by atoms with Crippen LogP contribution in [-0.2, 0) is 11.2 Å². The monoisotopic (exact) mass is 330 g/mol. The van der Waals surface area contributed by atoms with Crippen LogP contribution in [-0.4, -0.2) is 34.5 Å². The molecule has 1 aromatic heterocycles. The normalized spacial score (nSPS) is 13.7. The van der Waals surface area contributed by atoms with Gasteiger partial charge in [0.25, 0.3) is 0 Å². The highest BCUT2D eigenvalue weighted by molar-refractivity contribution is 5.97. The van der Waals surface area contributed by atoms with Crippen LogP contribution in [0.1, 0.15) is 36.8 Å². The van der Waals surface area contributed by atoms with E-state index in [4.69, 9.17) is 14.4 Å². The lowest BCUT2D eigenvalue weighted by atomic mass is 10.1. The van der Waals surface area contributed by atoms with Crippen molar-refractivity contribution in [2.24, 2.45) is 0 Å². The predicted molar refractivity (Wildman–Crippen MR) is 86.2 cm³/mol. The number of carbonyl (C=O) groups excluding carboxylic acids is 1. The second-order valence-corrected chi connectivity index (χ2v) is 6.58. The van der Waals surface area contributed by atoms with Gasteiger partial charge in [-0.2, -0.15) is 0 Å². The Labute approximate surface area is 138 Å². The maximum atomic E-state index is 12.5. The van der Waals surface area contributed by atoms with Crippen LogP contribution in [0, 0.1) is 0 Å². The van der Waals surface area contributed by atoms with Crippen LogP contribution in [0.5, 0.6) is 0 Å². The van der Waals surface area contributed by atoms with Gasteiger partial charge in [0, 0.05) is 18.2 Å². The van der Waals surface area contributed by atoms with E-state index in [1.54, 1.807) is 11.0 Å². The Kier molecular flexibility index (Phi) is 3.79. The number of hydrogen-bond donors (Lipinski definition) is 1. The average molecular weight is 330 g/mol. The fourth-order valence-corrected chi connectivity index (χ4v) is 2.66. The molecule has 0 spiro atoms. The van der Waals surface area contributed by atoms with Gasteiger partial charge in [0.1, 0.15) is 5.60 Å². The van der Waals surface area contributed by atoms with Crippen molar-refractivity contribution < 1.29 is 24.0 Å².